The van der Waals surface area contributed by atoms with Crippen LogP contribution in [0.2, 0.25) is 0 Å². The summed E-state index contributed by atoms with van der Waals surface area (Å²) in [6.45, 7) is 0. The third-order valence-electron chi connectivity index (χ3n) is 2.52. The van der Waals surface area contributed by atoms with E-state index in [2.05, 4.69) is 0 Å². The molecule has 0 aliphatic carbocycles. The van der Waals surface area contributed by atoms with E-state index in [9.17, 15) is 70.2 Å². The summed E-state index contributed by atoms with van der Waals surface area (Å²) < 4.78 is 196. The van der Waals surface area contributed by atoms with Gasteiger partial charge in [0, 0.05) is 0 Å². The van der Waals surface area contributed by atoms with Crippen LogP contribution in [-0.4, -0.2) is 42.0 Å². The van der Waals surface area contributed by atoms with Crippen LogP contribution in [0.3, 0.4) is 0 Å². The Kier molecular flexibility index (Phi) is 5.50. The maximum absolute atomic E-state index is 13.2. The average molecular weight is 414 g/mol. The van der Waals surface area contributed by atoms with Gasteiger partial charge in [0.1, 0.15) is 0 Å². The molecular formula is C9H2F16. The van der Waals surface area contributed by atoms with Crippen molar-refractivity contribution >= 4 is 0 Å². The Morgan fingerprint density at radius 1 is 0.360 bits per heavy atom. The highest BCUT2D eigenvalue weighted by molar-refractivity contribution is 5.20. The monoisotopic (exact) mass is 414 g/mol. The van der Waals surface area contributed by atoms with Crippen LogP contribution < -0.4 is 0 Å². The average Bonchev–Trinajstić information content (AvgIpc) is 2.31. The third kappa shape index (κ3) is 3.75. The molecule has 0 fully saturated rings. The molecule has 0 aliphatic heterocycles. The molecule has 0 nitrogen and oxygen atoms in total. The highest BCUT2D eigenvalue weighted by Crippen LogP contribution is 2.54. The van der Waals surface area contributed by atoms with Crippen LogP contribution >= 0.6 is 0 Å². The summed E-state index contributed by atoms with van der Waals surface area (Å²) >= 11 is 0. The van der Waals surface area contributed by atoms with Gasteiger partial charge in [-0.2, -0.15) is 65.9 Å². The van der Waals surface area contributed by atoms with Crippen molar-refractivity contribution in [1.29, 1.82) is 0 Å². The maximum atomic E-state index is 13.2. The van der Waals surface area contributed by atoms with Gasteiger partial charge in [0.15, 0.2) is 0 Å². The Balaban J connectivity index is 6.33. The Morgan fingerprint density at radius 2 is 0.680 bits per heavy atom. The van der Waals surface area contributed by atoms with Crippen LogP contribution in [0.15, 0.2) is 12.2 Å². The normalized spacial score (nSPS) is 18.6. The van der Waals surface area contributed by atoms with E-state index in [1.807, 2.05) is 0 Å². The molecule has 150 valence electrons. The van der Waals surface area contributed by atoms with E-state index in [4.69, 9.17) is 0 Å². The van der Waals surface area contributed by atoms with Gasteiger partial charge in [-0.1, -0.05) is 0 Å². The van der Waals surface area contributed by atoms with Gasteiger partial charge in [0.25, 0.3) is 5.67 Å². The number of hydrogen-bond donors (Lipinski definition) is 0. The summed E-state index contributed by atoms with van der Waals surface area (Å²) in [4.78, 5) is 0. The Bertz CT molecular complexity index is 501. The van der Waals surface area contributed by atoms with Crippen LogP contribution in [0.1, 0.15) is 0 Å². The van der Waals surface area contributed by atoms with Gasteiger partial charge < -0.3 is 0 Å². The topological polar surface area (TPSA) is 0 Å². The Hall–Kier alpha value is -1.38. The lowest BCUT2D eigenvalue weighted by atomic mass is 9.94. The van der Waals surface area contributed by atoms with Crippen LogP contribution in [0.5, 0.6) is 0 Å². The summed E-state index contributed by atoms with van der Waals surface area (Å²) in [5.41, 5.74) is -7.05. The smallest absolute Gasteiger partial charge is 0.222 e. The molecule has 0 saturated heterocycles. The van der Waals surface area contributed by atoms with Crippen molar-refractivity contribution < 1.29 is 70.2 Å². The maximum Gasteiger partial charge on any atom is 0.460 e. The first-order valence-corrected chi connectivity index (χ1v) is 5.18. The molecule has 0 radical (unpaired) electrons. The van der Waals surface area contributed by atoms with Crippen molar-refractivity contribution in [2.24, 2.45) is 0 Å². The molecule has 0 amide bonds. The van der Waals surface area contributed by atoms with Crippen LogP contribution in [-0.2, 0) is 0 Å². The molecule has 0 rings (SSSR count). The van der Waals surface area contributed by atoms with Crippen LogP contribution in [0, 0.1) is 0 Å². The fourth-order valence-electron chi connectivity index (χ4n) is 1.10. The molecule has 0 aromatic heterocycles. The molecule has 0 spiro atoms. The second kappa shape index (κ2) is 5.82. The zero-order chi connectivity index (χ0) is 20.9. The molecule has 16 heteroatoms. The van der Waals surface area contributed by atoms with E-state index in [0.29, 0.717) is 0 Å². The van der Waals surface area contributed by atoms with Crippen molar-refractivity contribution in [3.63, 3.8) is 0 Å². The van der Waals surface area contributed by atoms with Gasteiger partial charge in [-0.15, -0.1) is 0 Å². The third-order valence-corrected chi connectivity index (χ3v) is 2.52. The summed E-state index contributed by atoms with van der Waals surface area (Å²) in [7, 11) is 0. The first-order chi connectivity index (χ1) is 10.5. The molecule has 0 N–H and O–H groups in total. The van der Waals surface area contributed by atoms with Crippen molar-refractivity contribution in [3.8, 4) is 0 Å². The van der Waals surface area contributed by atoms with E-state index in [1.54, 1.807) is 0 Å². The second-order valence-electron chi connectivity index (χ2n) is 4.31. The van der Waals surface area contributed by atoms with E-state index < -0.39 is 54.1 Å². The summed E-state index contributed by atoms with van der Waals surface area (Å²) in [5.74, 6) is -21.5. The van der Waals surface area contributed by atoms with Crippen LogP contribution in [0.25, 0.3) is 0 Å². The summed E-state index contributed by atoms with van der Waals surface area (Å²) in [5, 5.41) is 0. The highest BCUT2D eigenvalue weighted by atomic mass is 19.4. The van der Waals surface area contributed by atoms with E-state index >= 15 is 0 Å². The van der Waals surface area contributed by atoms with E-state index in [1.165, 1.54) is 0 Å². The second-order valence-corrected chi connectivity index (χ2v) is 4.31. The van der Waals surface area contributed by atoms with Crippen molar-refractivity contribution in [3.05, 3.63) is 12.2 Å². The summed E-state index contributed by atoms with van der Waals surface area (Å²) in [6, 6.07) is 0. The first kappa shape index (κ1) is 23.6. The fraction of sp³-hybridized carbons (Fsp3) is 0.778. The van der Waals surface area contributed by atoms with Gasteiger partial charge in [0.05, 0.1) is 0 Å². The molecular weight excluding hydrogens is 412 g/mol. The number of halogens is 16. The lowest BCUT2D eigenvalue weighted by molar-refractivity contribution is -0.370. The first-order valence-electron chi connectivity index (χ1n) is 5.18. The Morgan fingerprint density at radius 3 is 0.920 bits per heavy atom. The molecule has 1 unspecified atom stereocenters. The standard InChI is InChI=1S/C9H2F16/c10-3(7(17,18)19,5(13,14)8(20,21)22)1-2-4(11,12)6(15,16)9(23,24)25/h1-2H/b2-1+. The molecule has 25 heavy (non-hydrogen) atoms. The van der Waals surface area contributed by atoms with Crippen molar-refractivity contribution in [2.45, 2.75) is 42.0 Å². The van der Waals surface area contributed by atoms with Crippen molar-refractivity contribution in [2.75, 3.05) is 0 Å². The van der Waals surface area contributed by atoms with E-state index in [0.717, 1.165) is 0 Å². The van der Waals surface area contributed by atoms with Gasteiger partial charge in [-0.3, -0.25) is 0 Å². The minimum atomic E-state index is -7.49. The quantitative estimate of drug-likeness (QED) is 0.401. The van der Waals surface area contributed by atoms with Crippen molar-refractivity contribution in [1.82, 2.24) is 0 Å². The molecule has 0 bridgehead atoms. The highest BCUT2D eigenvalue weighted by Gasteiger charge is 2.80. The summed E-state index contributed by atoms with van der Waals surface area (Å²) in [6.07, 6.45) is -26.6. The molecule has 0 aromatic rings. The predicted octanol–water partition coefficient (Wildman–Crippen LogP) is 5.84. The van der Waals surface area contributed by atoms with Gasteiger partial charge in [-0.05, 0) is 12.2 Å². The van der Waals surface area contributed by atoms with Gasteiger partial charge >= 0.3 is 36.3 Å². The number of alkyl halides is 16. The molecule has 0 aliphatic rings. The molecule has 0 heterocycles. The fourth-order valence-corrected chi connectivity index (χ4v) is 1.10. The van der Waals surface area contributed by atoms with Gasteiger partial charge in [-0.25, -0.2) is 4.39 Å². The SMILES string of the molecule is FC(F)(F)C(F)(F)C(F)(F)/C=C/C(F)(C(F)(F)F)C(F)(F)C(F)(F)F. The lowest BCUT2D eigenvalue weighted by Crippen LogP contribution is -2.61. The minimum absolute atomic E-state index is 2.35. The Labute approximate surface area is 126 Å². The zero-order valence-corrected chi connectivity index (χ0v) is 10.7. The number of rotatable bonds is 4. The largest absolute Gasteiger partial charge is 0.460 e. The number of hydrogen-bond acceptors (Lipinski definition) is 0. The molecule has 0 saturated carbocycles. The lowest BCUT2D eigenvalue weighted by Gasteiger charge is -2.34. The molecule has 1 atom stereocenters. The number of allylic oxidation sites excluding steroid dienone is 2. The van der Waals surface area contributed by atoms with E-state index in [-0.39, 0.29) is 0 Å². The van der Waals surface area contributed by atoms with Crippen LogP contribution in [0.4, 0.5) is 70.2 Å². The molecule has 0 aromatic carbocycles. The zero-order valence-electron chi connectivity index (χ0n) is 10.7. The van der Waals surface area contributed by atoms with Gasteiger partial charge in [0.2, 0.25) is 0 Å². The predicted molar refractivity (Wildman–Crippen MR) is 46.0 cm³/mol. The minimum Gasteiger partial charge on any atom is -0.222 e.